The Morgan fingerprint density at radius 2 is 2.00 bits per heavy atom. The topological polar surface area (TPSA) is 125 Å². The lowest BCUT2D eigenvalue weighted by molar-refractivity contribution is -0.143. The summed E-state index contributed by atoms with van der Waals surface area (Å²) in [4.78, 5) is 34.5. The number of hydrogen-bond donors (Lipinski definition) is 3. The Labute approximate surface area is 138 Å². The zero-order valence-electron chi connectivity index (χ0n) is 11.9. The van der Waals surface area contributed by atoms with Crippen molar-refractivity contribution in [2.75, 3.05) is 12.8 Å². The van der Waals surface area contributed by atoms with E-state index in [9.17, 15) is 23.2 Å². The van der Waals surface area contributed by atoms with Crippen LogP contribution in [0.25, 0.3) is 0 Å². The Balaban J connectivity index is 3.02. The summed E-state index contributed by atoms with van der Waals surface area (Å²) in [6.45, 7) is 0. The first-order chi connectivity index (χ1) is 10.7. The number of halogens is 3. The Kier molecular flexibility index (Phi) is 6.43. The van der Waals surface area contributed by atoms with Crippen molar-refractivity contribution in [2.24, 2.45) is 5.73 Å². The molecule has 126 valence electrons. The fraction of sp³-hybridized carbons (Fsp3) is 0.308. The zero-order valence-corrected chi connectivity index (χ0v) is 13.5. The quantitative estimate of drug-likeness (QED) is 0.483. The van der Waals surface area contributed by atoms with Gasteiger partial charge >= 0.3 is 5.97 Å². The summed E-state index contributed by atoms with van der Waals surface area (Å²) in [7, 11) is 1.02. The molecule has 0 heterocycles. The minimum absolute atomic E-state index is 0.240. The third-order valence-electron chi connectivity index (χ3n) is 2.88. The third kappa shape index (κ3) is 4.88. The summed E-state index contributed by atoms with van der Waals surface area (Å²) in [6, 6.07) is 0.786. The molecule has 0 saturated carbocycles. The van der Waals surface area contributed by atoms with Gasteiger partial charge in [-0.3, -0.25) is 9.59 Å². The molecule has 1 rings (SSSR count). The lowest BCUT2D eigenvalue weighted by atomic mass is 10.1. The number of rotatable bonds is 6. The monoisotopic (exact) mass is 393 g/mol. The van der Waals surface area contributed by atoms with Crippen molar-refractivity contribution in [1.29, 1.82) is 0 Å². The number of anilines is 1. The average Bonchev–Trinajstić information content (AvgIpc) is 2.48. The summed E-state index contributed by atoms with van der Waals surface area (Å²) < 4.78 is 31.6. The Morgan fingerprint density at radius 1 is 1.39 bits per heavy atom. The lowest BCUT2D eigenvalue weighted by Crippen LogP contribution is -2.45. The van der Waals surface area contributed by atoms with Crippen LogP contribution in [0.15, 0.2) is 16.6 Å². The number of methoxy groups -OCH3 is 1. The normalized spacial score (nSPS) is 13.0. The van der Waals surface area contributed by atoms with Gasteiger partial charge in [0.2, 0.25) is 0 Å². The maximum absolute atomic E-state index is 13.5. The summed E-state index contributed by atoms with van der Waals surface area (Å²) in [5, 5.41) is 2.14. The SMILES string of the molecule is COC(=O)[C@H](C[C@H](F)C(N)=O)NC(=O)c1cc(Br)cc(F)c1N. The predicted octanol–water partition coefficient (Wildman–Crippen LogP) is 0.655. The highest BCUT2D eigenvalue weighted by Crippen LogP contribution is 2.22. The molecule has 0 bridgehead atoms. The average molecular weight is 394 g/mol. The molecule has 5 N–H and O–H groups in total. The van der Waals surface area contributed by atoms with Gasteiger partial charge in [0.15, 0.2) is 6.17 Å². The molecule has 2 atom stereocenters. The molecule has 0 radical (unpaired) electrons. The predicted molar refractivity (Wildman–Crippen MR) is 80.5 cm³/mol. The van der Waals surface area contributed by atoms with Crippen LogP contribution >= 0.6 is 15.9 Å². The highest BCUT2D eigenvalue weighted by molar-refractivity contribution is 9.10. The molecule has 0 fully saturated rings. The van der Waals surface area contributed by atoms with Crippen molar-refractivity contribution in [3.05, 3.63) is 28.0 Å². The van der Waals surface area contributed by atoms with Gasteiger partial charge in [0.25, 0.3) is 11.8 Å². The van der Waals surface area contributed by atoms with Gasteiger partial charge in [0.05, 0.1) is 18.4 Å². The van der Waals surface area contributed by atoms with E-state index >= 15 is 0 Å². The van der Waals surface area contributed by atoms with Gasteiger partial charge < -0.3 is 21.5 Å². The van der Waals surface area contributed by atoms with E-state index in [-0.39, 0.29) is 10.0 Å². The van der Waals surface area contributed by atoms with Gasteiger partial charge in [-0.05, 0) is 12.1 Å². The fourth-order valence-electron chi connectivity index (χ4n) is 1.69. The van der Waals surface area contributed by atoms with E-state index in [1.807, 2.05) is 0 Å². The lowest BCUT2D eigenvalue weighted by Gasteiger charge is -2.18. The van der Waals surface area contributed by atoms with Crippen LogP contribution in [-0.4, -0.2) is 37.1 Å². The summed E-state index contributed by atoms with van der Waals surface area (Å²) >= 11 is 3.00. The molecule has 23 heavy (non-hydrogen) atoms. The zero-order chi connectivity index (χ0) is 17.7. The van der Waals surface area contributed by atoms with E-state index in [1.54, 1.807) is 0 Å². The van der Waals surface area contributed by atoms with E-state index in [2.05, 4.69) is 26.0 Å². The molecule has 0 aliphatic heterocycles. The molecule has 1 aromatic carbocycles. The highest BCUT2D eigenvalue weighted by atomic mass is 79.9. The molecule has 1 aromatic rings. The van der Waals surface area contributed by atoms with E-state index in [0.29, 0.717) is 0 Å². The number of carbonyl (C=O) groups excluding carboxylic acids is 3. The standard InChI is InChI=1S/C13H14BrF2N3O4/c1-23-13(22)9(4-8(16)11(18)20)19-12(21)6-2-5(14)3-7(15)10(6)17/h2-3,8-9H,4,17H2,1H3,(H2,18,20)(H,19,21)/t8-,9-/m0/s1. The molecule has 2 amide bonds. The van der Waals surface area contributed by atoms with Gasteiger partial charge in [0.1, 0.15) is 11.9 Å². The van der Waals surface area contributed by atoms with Crippen molar-refractivity contribution in [1.82, 2.24) is 5.32 Å². The van der Waals surface area contributed by atoms with Crippen LogP contribution in [-0.2, 0) is 14.3 Å². The highest BCUT2D eigenvalue weighted by Gasteiger charge is 2.29. The molecular weight excluding hydrogens is 380 g/mol. The molecule has 0 aromatic heterocycles. The smallest absolute Gasteiger partial charge is 0.328 e. The number of ether oxygens (including phenoxy) is 1. The van der Waals surface area contributed by atoms with Crippen molar-refractivity contribution in [3.8, 4) is 0 Å². The van der Waals surface area contributed by atoms with Gasteiger partial charge in [0, 0.05) is 10.9 Å². The van der Waals surface area contributed by atoms with Crippen LogP contribution < -0.4 is 16.8 Å². The molecule has 0 aliphatic rings. The van der Waals surface area contributed by atoms with Gasteiger partial charge in [-0.25, -0.2) is 13.6 Å². The summed E-state index contributed by atoms with van der Waals surface area (Å²) in [5.74, 6) is -4.06. The Hall–Kier alpha value is -2.23. The second-order valence-electron chi connectivity index (χ2n) is 4.50. The Bertz CT molecular complexity index is 642. The minimum atomic E-state index is -2.17. The first-order valence-electron chi connectivity index (χ1n) is 6.24. The van der Waals surface area contributed by atoms with E-state index in [1.165, 1.54) is 6.07 Å². The van der Waals surface area contributed by atoms with Crippen molar-refractivity contribution in [3.63, 3.8) is 0 Å². The van der Waals surface area contributed by atoms with E-state index < -0.39 is 47.9 Å². The number of primary amides is 1. The molecule has 0 spiro atoms. The first kappa shape index (κ1) is 18.8. The number of carbonyl (C=O) groups is 3. The summed E-state index contributed by atoms with van der Waals surface area (Å²) in [5.41, 5.74) is 9.54. The van der Waals surface area contributed by atoms with Crippen molar-refractivity contribution >= 4 is 39.4 Å². The number of benzene rings is 1. The number of hydrogen-bond acceptors (Lipinski definition) is 5. The summed E-state index contributed by atoms with van der Waals surface area (Å²) in [6.07, 6.45) is -2.89. The molecule has 0 aliphatic carbocycles. The number of amides is 2. The van der Waals surface area contributed by atoms with Crippen LogP contribution in [0.4, 0.5) is 14.5 Å². The van der Waals surface area contributed by atoms with Crippen LogP contribution in [0, 0.1) is 5.82 Å². The van der Waals surface area contributed by atoms with Crippen molar-refractivity contribution in [2.45, 2.75) is 18.6 Å². The van der Waals surface area contributed by atoms with E-state index in [4.69, 9.17) is 11.5 Å². The maximum Gasteiger partial charge on any atom is 0.328 e. The van der Waals surface area contributed by atoms with Crippen LogP contribution in [0.1, 0.15) is 16.8 Å². The Morgan fingerprint density at radius 3 is 2.52 bits per heavy atom. The largest absolute Gasteiger partial charge is 0.467 e. The maximum atomic E-state index is 13.5. The number of nitrogens with two attached hydrogens (primary N) is 2. The van der Waals surface area contributed by atoms with E-state index in [0.717, 1.165) is 13.2 Å². The van der Waals surface area contributed by atoms with Gasteiger partial charge in [-0.1, -0.05) is 15.9 Å². The molecule has 0 saturated heterocycles. The second-order valence-corrected chi connectivity index (χ2v) is 5.42. The molecule has 10 heteroatoms. The number of esters is 1. The second kappa shape index (κ2) is 7.86. The molecule has 0 unspecified atom stereocenters. The van der Waals surface area contributed by atoms with Crippen LogP contribution in [0.3, 0.4) is 0 Å². The minimum Gasteiger partial charge on any atom is -0.467 e. The van der Waals surface area contributed by atoms with Gasteiger partial charge in [-0.2, -0.15) is 0 Å². The first-order valence-corrected chi connectivity index (χ1v) is 7.03. The third-order valence-corrected chi connectivity index (χ3v) is 3.34. The van der Waals surface area contributed by atoms with Crippen molar-refractivity contribution < 1.29 is 27.9 Å². The molecular formula is C13H14BrF2N3O4. The molecule has 7 nitrogen and oxygen atoms in total. The van der Waals surface area contributed by atoms with Gasteiger partial charge in [-0.15, -0.1) is 0 Å². The number of alkyl halides is 1. The number of nitrogen functional groups attached to an aromatic ring is 1. The van der Waals surface area contributed by atoms with Crippen LogP contribution in [0.2, 0.25) is 0 Å². The number of nitrogens with one attached hydrogen (secondary N) is 1. The van der Waals surface area contributed by atoms with Crippen LogP contribution in [0.5, 0.6) is 0 Å². The fourth-order valence-corrected chi connectivity index (χ4v) is 2.12.